The van der Waals surface area contributed by atoms with E-state index in [1.54, 1.807) is 14.1 Å². The third kappa shape index (κ3) is 2.65. The minimum atomic E-state index is -3.98. The van der Waals surface area contributed by atoms with Gasteiger partial charge in [0.1, 0.15) is 0 Å². The Morgan fingerprint density at radius 1 is 0.885 bits per heavy atom. The predicted molar refractivity (Wildman–Crippen MR) is 104 cm³/mol. The summed E-state index contributed by atoms with van der Waals surface area (Å²) >= 11 is 0. The second-order valence-electron chi connectivity index (χ2n) is 9.20. The van der Waals surface area contributed by atoms with E-state index in [9.17, 15) is 0 Å². The third-order valence-electron chi connectivity index (χ3n) is 7.46. The second-order valence-corrected chi connectivity index (χ2v) is 9.20. The molecule has 1 aromatic rings. The number of fused-ring (bicyclic) bond motifs is 1. The highest BCUT2D eigenvalue weighted by Gasteiger charge is 2.63. The molecule has 0 amide bonds. The Kier molecular flexibility index (Phi) is 4.67. The zero-order chi connectivity index (χ0) is 18.4. The minimum absolute atomic E-state index is 0.216. The van der Waals surface area contributed by atoms with E-state index in [1.807, 2.05) is 18.2 Å². The third-order valence-corrected chi connectivity index (χ3v) is 7.46. The smallest absolute Gasteiger partial charge is 0.469 e. The monoisotopic (exact) mass is 363 g/mol. The number of hydrogen-bond acceptors (Lipinski definition) is 1. The normalized spacial score (nSPS) is 28.5. The maximum Gasteiger partial charge on any atom is 0.701 e. The lowest BCUT2D eigenvalue weighted by molar-refractivity contribution is -0.116. The van der Waals surface area contributed by atoms with E-state index < -0.39 is 17.0 Å². The number of quaternary nitrogens is 1. The molecule has 0 bridgehead atoms. The number of hydrogen-bond donors (Lipinski definition) is 0. The summed E-state index contributed by atoms with van der Waals surface area (Å²) in [4.78, 5) is 0. The van der Waals surface area contributed by atoms with Gasteiger partial charge in [0.2, 0.25) is 0 Å². The van der Waals surface area contributed by atoms with Gasteiger partial charge in [-0.05, 0) is 43.6 Å². The van der Waals surface area contributed by atoms with Gasteiger partial charge in [-0.15, -0.1) is 0 Å². The molecule has 0 saturated heterocycles. The molecule has 2 aliphatic carbocycles. The van der Waals surface area contributed by atoms with Crippen LogP contribution < -0.4 is 4.39 Å². The van der Waals surface area contributed by atoms with Crippen LogP contribution in [0.3, 0.4) is 0 Å². The molecular formula is C21H32BF2NO. The van der Waals surface area contributed by atoms with Gasteiger partial charge in [0, 0.05) is 19.7 Å². The zero-order valence-corrected chi connectivity index (χ0v) is 16.2. The van der Waals surface area contributed by atoms with Gasteiger partial charge in [0.15, 0.2) is 0 Å². The Bertz CT molecular complexity index is 633. The van der Waals surface area contributed by atoms with E-state index in [-0.39, 0.29) is 11.8 Å². The predicted octanol–water partition coefficient (Wildman–Crippen LogP) is 6.01. The Labute approximate surface area is 156 Å². The summed E-state index contributed by atoms with van der Waals surface area (Å²) in [6.45, 7) is 0. The molecule has 0 N–H and O–H groups in total. The van der Waals surface area contributed by atoms with Gasteiger partial charge >= 0.3 is 7.04 Å². The fraction of sp³-hybridized carbons (Fsp3) is 0.714. The SMILES string of the molecule is C[N+]1(C)c2ccccc2C(C2CCCCC2)(C2CCCCC2)O[B-]1(F)F. The number of nitrogens with zero attached hydrogens (tertiary/aromatic N) is 1. The van der Waals surface area contributed by atoms with Crippen LogP contribution in [0.5, 0.6) is 0 Å². The summed E-state index contributed by atoms with van der Waals surface area (Å²) in [5.74, 6) is 0.432. The molecule has 2 nitrogen and oxygen atoms in total. The van der Waals surface area contributed by atoms with Crippen LogP contribution in [-0.4, -0.2) is 21.1 Å². The maximum absolute atomic E-state index is 15.5. The number of para-hydroxylation sites is 1. The Morgan fingerprint density at radius 3 is 1.92 bits per heavy atom. The quantitative estimate of drug-likeness (QED) is 0.585. The number of halogens is 2. The number of benzene rings is 1. The molecule has 5 heteroatoms. The Hall–Kier alpha value is -0.935. The molecular weight excluding hydrogens is 331 g/mol. The molecule has 0 spiro atoms. The molecule has 1 heterocycles. The van der Waals surface area contributed by atoms with Crippen molar-refractivity contribution in [3.05, 3.63) is 29.8 Å². The number of rotatable bonds is 2. The van der Waals surface area contributed by atoms with Crippen LogP contribution in [-0.2, 0) is 10.3 Å². The van der Waals surface area contributed by atoms with Crippen molar-refractivity contribution >= 4 is 12.7 Å². The molecule has 144 valence electrons. The summed E-state index contributed by atoms with van der Waals surface area (Å²) in [7, 11) is -0.780. The molecule has 0 atom stereocenters. The lowest BCUT2D eigenvalue weighted by Gasteiger charge is -2.61. The van der Waals surface area contributed by atoms with Gasteiger partial charge in [0.05, 0.1) is 11.3 Å². The first-order valence-corrected chi connectivity index (χ1v) is 10.5. The average Bonchev–Trinajstić information content (AvgIpc) is 2.67. The van der Waals surface area contributed by atoms with Crippen molar-refractivity contribution in [3.8, 4) is 0 Å². The summed E-state index contributed by atoms with van der Waals surface area (Å²) in [6.07, 6.45) is 11.1. The van der Waals surface area contributed by atoms with Crippen molar-refractivity contribution in [1.29, 1.82) is 0 Å². The van der Waals surface area contributed by atoms with Crippen LogP contribution in [0.15, 0.2) is 24.3 Å². The van der Waals surface area contributed by atoms with Gasteiger partial charge in [-0.1, -0.05) is 56.7 Å². The zero-order valence-electron chi connectivity index (χ0n) is 16.2. The van der Waals surface area contributed by atoms with E-state index in [1.165, 1.54) is 12.8 Å². The molecule has 26 heavy (non-hydrogen) atoms. The second kappa shape index (κ2) is 6.59. The molecule has 0 unspecified atom stereocenters. The van der Waals surface area contributed by atoms with Gasteiger partial charge in [-0.2, -0.15) is 0 Å². The van der Waals surface area contributed by atoms with E-state index in [2.05, 4.69) is 6.07 Å². The standard InChI is InChI=1S/C21H32BF2NO/c1-25(2)20-16-10-9-15-19(20)21(26-22(25,23)24,17-11-5-3-6-12-17)18-13-7-4-8-14-18/h9-10,15-18H,3-8,11-14H2,1-2H3. The first-order chi connectivity index (χ1) is 12.4. The topological polar surface area (TPSA) is 9.23 Å². The molecule has 2 fully saturated rings. The van der Waals surface area contributed by atoms with Gasteiger partial charge in [-0.3, -0.25) is 0 Å². The van der Waals surface area contributed by atoms with Crippen molar-refractivity contribution in [2.24, 2.45) is 11.8 Å². The maximum atomic E-state index is 15.5. The van der Waals surface area contributed by atoms with Crippen LogP contribution in [0.4, 0.5) is 14.3 Å². The molecule has 1 aliphatic heterocycles. The van der Waals surface area contributed by atoms with Crippen molar-refractivity contribution in [1.82, 2.24) is 4.39 Å². The molecule has 4 rings (SSSR count). The highest BCUT2D eigenvalue weighted by Crippen LogP contribution is 2.58. The van der Waals surface area contributed by atoms with E-state index >= 15 is 8.63 Å². The summed E-state index contributed by atoms with van der Waals surface area (Å²) in [5, 5.41) is 0. The fourth-order valence-electron chi connectivity index (χ4n) is 5.93. The Balaban J connectivity index is 1.91. The first kappa shape index (κ1) is 18.4. The highest BCUT2D eigenvalue weighted by atomic mass is 19.3. The minimum Gasteiger partial charge on any atom is -0.469 e. The van der Waals surface area contributed by atoms with Gasteiger partial charge in [0.25, 0.3) is 0 Å². The van der Waals surface area contributed by atoms with Crippen molar-refractivity contribution in [3.63, 3.8) is 0 Å². The van der Waals surface area contributed by atoms with E-state index in [4.69, 9.17) is 4.65 Å². The molecule has 0 aromatic heterocycles. The largest absolute Gasteiger partial charge is 0.701 e. The van der Waals surface area contributed by atoms with E-state index in [0.29, 0.717) is 0 Å². The van der Waals surface area contributed by atoms with Crippen LogP contribution in [0.1, 0.15) is 69.8 Å². The van der Waals surface area contributed by atoms with Crippen LogP contribution in [0, 0.1) is 11.8 Å². The van der Waals surface area contributed by atoms with Gasteiger partial charge < -0.3 is 17.7 Å². The Morgan fingerprint density at radius 2 is 1.38 bits per heavy atom. The summed E-state index contributed by atoms with van der Waals surface area (Å²) in [6, 6.07) is 7.92. The van der Waals surface area contributed by atoms with Crippen LogP contribution >= 0.6 is 0 Å². The van der Waals surface area contributed by atoms with Crippen molar-refractivity contribution < 1.29 is 13.3 Å². The molecule has 0 radical (unpaired) electrons. The van der Waals surface area contributed by atoms with Crippen molar-refractivity contribution in [2.45, 2.75) is 69.8 Å². The molecule has 3 aliphatic rings. The van der Waals surface area contributed by atoms with Gasteiger partial charge in [-0.25, -0.2) is 0 Å². The van der Waals surface area contributed by atoms with Crippen LogP contribution in [0.2, 0.25) is 0 Å². The lowest BCUT2D eigenvalue weighted by Crippen LogP contribution is -2.70. The average molecular weight is 363 g/mol. The highest BCUT2D eigenvalue weighted by molar-refractivity contribution is 6.61. The van der Waals surface area contributed by atoms with Crippen LogP contribution in [0.25, 0.3) is 0 Å². The molecule has 2 saturated carbocycles. The first-order valence-electron chi connectivity index (χ1n) is 10.5. The fourth-order valence-corrected chi connectivity index (χ4v) is 5.93. The summed E-state index contributed by atoms with van der Waals surface area (Å²) in [5.41, 5.74) is 1.02. The van der Waals surface area contributed by atoms with Crippen molar-refractivity contribution in [2.75, 3.05) is 14.1 Å². The molecule has 1 aromatic carbocycles. The summed E-state index contributed by atoms with van der Waals surface area (Å²) < 4.78 is 36.6. The lowest BCUT2D eigenvalue weighted by atomic mass is 9.60. The van der Waals surface area contributed by atoms with E-state index in [0.717, 1.165) is 62.6 Å².